The number of aliphatic hydroxyl groups is 1. The highest BCUT2D eigenvalue weighted by Gasteiger charge is 2.52. The number of fused-ring (bicyclic) bond motifs is 5. The molecule has 0 amide bonds. The topological polar surface area (TPSA) is 68.8 Å². The summed E-state index contributed by atoms with van der Waals surface area (Å²) in [6, 6.07) is 18.7. The minimum atomic E-state index is -1.02. The Labute approximate surface area is 174 Å². The van der Waals surface area contributed by atoms with Crippen LogP contribution in [0.15, 0.2) is 73.3 Å². The van der Waals surface area contributed by atoms with Crippen LogP contribution in [0.4, 0.5) is 0 Å². The first-order valence-electron chi connectivity index (χ1n) is 10.5. The first-order chi connectivity index (χ1) is 14.7. The van der Waals surface area contributed by atoms with Gasteiger partial charge in [0.2, 0.25) is 0 Å². The van der Waals surface area contributed by atoms with Crippen molar-refractivity contribution < 1.29 is 5.11 Å². The smallest absolute Gasteiger partial charge is 0.114 e. The van der Waals surface area contributed by atoms with Crippen LogP contribution in [0.25, 0.3) is 11.3 Å². The van der Waals surface area contributed by atoms with Gasteiger partial charge in [-0.15, -0.1) is 5.10 Å². The Hall–Kier alpha value is -3.25. The molecule has 0 radical (unpaired) electrons. The largest absolute Gasteiger partial charge is 0.383 e. The molecule has 2 unspecified atom stereocenters. The van der Waals surface area contributed by atoms with Crippen LogP contribution in [0.3, 0.4) is 0 Å². The van der Waals surface area contributed by atoms with Crippen molar-refractivity contribution in [3.05, 3.63) is 90.1 Å². The molecule has 30 heavy (non-hydrogen) atoms. The summed E-state index contributed by atoms with van der Waals surface area (Å²) in [7, 11) is 0. The van der Waals surface area contributed by atoms with E-state index in [1.165, 1.54) is 11.1 Å². The number of rotatable bonds is 3. The third-order valence-corrected chi connectivity index (χ3v) is 6.77. The van der Waals surface area contributed by atoms with E-state index >= 15 is 0 Å². The highest BCUT2D eigenvalue weighted by atomic mass is 16.3. The zero-order valence-corrected chi connectivity index (χ0v) is 16.6. The number of aromatic nitrogens is 5. The average molecular weight is 397 g/mol. The molecule has 150 valence electrons. The highest BCUT2D eigenvalue weighted by molar-refractivity contribution is 5.71. The van der Waals surface area contributed by atoms with Crippen LogP contribution in [0.1, 0.15) is 42.5 Å². The third kappa shape index (κ3) is 2.50. The molecule has 1 saturated carbocycles. The molecule has 6 rings (SSSR count). The van der Waals surface area contributed by atoms with E-state index in [9.17, 15) is 5.11 Å². The molecule has 2 aromatic carbocycles. The first-order valence-corrected chi connectivity index (χ1v) is 10.5. The Morgan fingerprint density at radius 2 is 1.83 bits per heavy atom. The highest BCUT2D eigenvalue weighted by Crippen LogP contribution is 2.55. The van der Waals surface area contributed by atoms with Gasteiger partial charge in [-0.05, 0) is 30.4 Å². The minimum absolute atomic E-state index is 0.293. The van der Waals surface area contributed by atoms with Crippen LogP contribution in [0.5, 0.6) is 0 Å². The van der Waals surface area contributed by atoms with Crippen LogP contribution in [0, 0.1) is 0 Å². The van der Waals surface area contributed by atoms with Crippen molar-refractivity contribution in [2.75, 3.05) is 0 Å². The fraction of sp³-hybridized carbons (Fsp3) is 0.292. The van der Waals surface area contributed by atoms with Crippen LogP contribution in [0.2, 0.25) is 0 Å². The summed E-state index contributed by atoms with van der Waals surface area (Å²) >= 11 is 0. The molecule has 2 atom stereocenters. The Morgan fingerprint density at radius 1 is 1.00 bits per heavy atom. The molecule has 2 aromatic heterocycles. The lowest BCUT2D eigenvalue weighted by Crippen LogP contribution is -2.45. The van der Waals surface area contributed by atoms with Crippen molar-refractivity contribution in [1.82, 2.24) is 24.5 Å². The first kappa shape index (κ1) is 17.6. The maximum Gasteiger partial charge on any atom is 0.114 e. The minimum Gasteiger partial charge on any atom is -0.383 e. The quantitative estimate of drug-likeness (QED) is 0.572. The molecule has 2 aliphatic rings. The predicted molar refractivity (Wildman–Crippen MR) is 113 cm³/mol. The van der Waals surface area contributed by atoms with Crippen LogP contribution in [-0.2, 0) is 17.7 Å². The van der Waals surface area contributed by atoms with Gasteiger partial charge in [-0.25, -0.2) is 9.67 Å². The summed E-state index contributed by atoms with van der Waals surface area (Å²) in [6.07, 6.45) is 8.89. The summed E-state index contributed by atoms with van der Waals surface area (Å²) in [5, 5.41) is 20.5. The zero-order chi connectivity index (χ0) is 20.2. The number of hydrogen-bond donors (Lipinski definition) is 1. The monoisotopic (exact) mass is 397 g/mol. The lowest BCUT2D eigenvalue weighted by Gasteiger charge is -2.44. The van der Waals surface area contributed by atoms with E-state index in [1.54, 1.807) is 0 Å². The Bertz CT molecular complexity index is 1210. The number of nitrogens with zero attached hydrogens (tertiary/aromatic N) is 5. The Kier molecular flexibility index (Phi) is 3.74. The standard InChI is InChI=1S/C24H23N5O/c30-24(22-15-28(27-26-22)14-18-7-2-1-3-8-18)12-6-11-23(16-24)20-10-5-4-9-19(20)21-13-25-17-29(21)23/h1-5,7-10,13,15,17,30H,6,11-12,14,16H2. The van der Waals surface area contributed by atoms with Gasteiger partial charge in [0.1, 0.15) is 11.3 Å². The second-order valence-corrected chi connectivity index (χ2v) is 8.57. The summed E-state index contributed by atoms with van der Waals surface area (Å²) in [5.74, 6) is 0. The van der Waals surface area contributed by atoms with Crippen molar-refractivity contribution >= 4 is 0 Å². The van der Waals surface area contributed by atoms with E-state index in [2.05, 4.69) is 56.3 Å². The van der Waals surface area contributed by atoms with Gasteiger partial charge in [-0.1, -0.05) is 59.8 Å². The number of benzene rings is 2. The summed E-state index contributed by atoms with van der Waals surface area (Å²) in [5.41, 5.74) is 4.12. The molecule has 6 nitrogen and oxygen atoms in total. The third-order valence-electron chi connectivity index (χ3n) is 6.77. The van der Waals surface area contributed by atoms with Gasteiger partial charge < -0.3 is 9.67 Å². The molecule has 1 spiro atoms. The maximum atomic E-state index is 11.8. The van der Waals surface area contributed by atoms with E-state index in [0.29, 0.717) is 25.1 Å². The van der Waals surface area contributed by atoms with Gasteiger partial charge in [0, 0.05) is 12.0 Å². The van der Waals surface area contributed by atoms with Crippen molar-refractivity contribution in [2.24, 2.45) is 0 Å². The van der Waals surface area contributed by atoms with Crippen LogP contribution >= 0.6 is 0 Å². The van der Waals surface area contributed by atoms with Gasteiger partial charge in [-0.3, -0.25) is 0 Å². The number of hydrogen-bond acceptors (Lipinski definition) is 4. The molecule has 0 bridgehead atoms. The van der Waals surface area contributed by atoms with Crippen LogP contribution in [-0.4, -0.2) is 29.7 Å². The molecule has 3 heterocycles. The molecule has 1 fully saturated rings. The summed E-state index contributed by atoms with van der Waals surface area (Å²) in [6.45, 7) is 0.642. The van der Waals surface area contributed by atoms with E-state index in [0.717, 1.165) is 24.1 Å². The molecule has 6 heteroatoms. The van der Waals surface area contributed by atoms with Gasteiger partial charge in [0.25, 0.3) is 0 Å². The zero-order valence-electron chi connectivity index (χ0n) is 16.6. The molecule has 0 saturated heterocycles. The molecule has 1 aliphatic heterocycles. The van der Waals surface area contributed by atoms with Gasteiger partial charge in [0.05, 0.1) is 36.5 Å². The fourth-order valence-electron chi connectivity index (χ4n) is 5.42. The van der Waals surface area contributed by atoms with Crippen molar-refractivity contribution in [3.8, 4) is 11.3 Å². The number of imidazole rings is 1. The predicted octanol–water partition coefficient (Wildman–Crippen LogP) is 3.71. The molecular formula is C24H23N5O. The molecular weight excluding hydrogens is 374 g/mol. The molecule has 1 N–H and O–H groups in total. The Balaban J connectivity index is 1.37. The second kappa shape index (κ2) is 6.37. The van der Waals surface area contributed by atoms with E-state index in [4.69, 9.17) is 0 Å². The second-order valence-electron chi connectivity index (χ2n) is 8.57. The van der Waals surface area contributed by atoms with E-state index in [-0.39, 0.29) is 5.54 Å². The van der Waals surface area contributed by atoms with Crippen molar-refractivity contribution in [1.29, 1.82) is 0 Å². The van der Waals surface area contributed by atoms with Crippen molar-refractivity contribution in [2.45, 2.75) is 43.4 Å². The Morgan fingerprint density at radius 3 is 2.73 bits per heavy atom. The van der Waals surface area contributed by atoms with E-state index < -0.39 is 5.60 Å². The summed E-state index contributed by atoms with van der Waals surface area (Å²) in [4.78, 5) is 4.41. The van der Waals surface area contributed by atoms with E-state index in [1.807, 2.05) is 41.6 Å². The normalized spacial score (nSPS) is 24.7. The van der Waals surface area contributed by atoms with Gasteiger partial charge >= 0.3 is 0 Å². The SMILES string of the molecule is OC1(c2cn(Cc3ccccc3)nn2)CCCC2(C1)c1ccccc1-c1cncn12. The summed E-state index contributed by atoms with van der Waals surface area (Å²) < 4.78 is 4.07. The fourth-order valence-corrected chi connectivity index (χ4v) is 5.42. The lowest BCUT2D eigenvalue weighted by molar-refractivity contribution is -0.0404. The van der Waals surface area contributed by atoms with Gasteiger partial charge in [-0.2, -0.15) is 0 Å². The van der Waals surface area contributed by atoms with Gasteiger partial charge in [0.15, 0.2) is 0 Å². The molecule has 4 aromatic rings. The molecule has 1 aliphatic carbocycles. The van der Waals surface area contributed by atoms with Crippen LogP contribution < -0.4 is 0 Å². The maximum absolute atomic E-state index is 11.8. The van der Waals surface area contributed by atoms with Crippen molar-refractivity contribution in [3.63, 3.8) is 0 Å². The average Bonchev–Trinajstić information content (AvgIpc) is 3.49. The lowest BCUT2D eigenvalue weighted by atomic mass is 9.69.